The summed E-state index contributed by atoms with van der Waals surface area (Å²) in [5, 5.41) is 6.35. The summed E-state index contributed by atoms with van der Waals surface area (Å²) in [6.07, 6.45) is 1.79. The maximum Gasteiger partial charge on any atom is 0.225 e. The quantitative estimate of drug-likeness (QED) is 0.576. The molecule has 0 aliphatic heterocycles. The highest BCUT2D eigenvalue weighted by molar-refractivity contribution is 5.64. The first-order chi connectivity index (χ1) is 10.3. The Balaban J connectivity index is 2.25. The minimum absolute atomic E-state index is 0.583. The summed E-state index contributed by atoms with van der Waals surface area (Å²) < 4.78 is 5.03. The number of rotatable bonds is 8. The highest BCUT2D eigenvalue weighted by Crippen LogP contribution is 2.21. The monoisotopic (exact) mass is 284 g/mol. The number of hydrogen-bond donors (Lipinski definition) is 2. The largest absolute Gasteiger partial charge is 0.383 e. The number of nitrogens with zero attached hydrogens (tertiary/aromatic N) is 2. The van der Waals surface area contributed by atoms with Crippen LogP contribution in [0.3, 0.4) is 0 Å². The summed E-state index contributed by atoms with van der Waals surface area (Å²) in [7, 11) is 1.67. The second-order valence-electron chi connectivity index (χ2n) is 4.42. The molecular formula is C16H20N4O. The normalized spacial score (nSPS) is 10.1. The molecule has 0 atom stereocenters. The third-order valence-corrected chi connectivity index (χ3v) is 2.81. The van der Waals surface area contributed by atoms with E-state index in [1.54, 1.807) is 13.2 Å². The lowest BCUT2D eigenvalue weighted by molar-refractivity contribution is 0.210. The Labute approximate surface area is 125 Å². The zero-order valence-electron chi connectivity index (χ0n) is 12.2. The fourth-order valence-corrected chi connectivity index (χ4v) is 1.82. The molecule has 0 bridgehead atoms. The standard InChI is InChI=1S/C16H20N4O/c1-3-9-17-15-12-14(13-7-5-4-6-8-13)19-16(20-15)18-10-11-21-2/h3-8,12H,1,9-11H2,2H3,(H2,17,18,19,20). The smallest absolute Gasteiger partial charge is 0.225 e. The number of methoxy groups -OCH3 is 1. The third kappa shape index (κ3) is 4.57. The van der Waals surface area contributed by atoms with Gasteiger partial charge in [-0.15, -0.1) is 6.58 Å². The number of ether oxygens (including phenoxy) is 1. The third-order valence-electron chi connectivity index (χ3n) is 2.81. The zero-order valence-corrected chi connectivity index (χ0v) is 12.2. The molecule has 0 spiro atoms. The number of hydrogen-bond acceptors (Lipinski definition) is 5. The van der Waals surface area contributed by atoms with Crippen molar-refractivity contribution in [3.8, 4) is 11.3 Å². The van der Waals surface area contributed by atoms with Crippen molar-refractivity contribution in [1.29, 1.82) is 0 Å². The van der Waals surface area contributed by atoms with Crippen LogP contribution in [-0.2, 0) is 4.74 Å². The van der Waals surface area contributed by atoms with Gasteiger partial charge >= 0.3 is 0 Å². The fraction of sp³-hybridized carbons (Fsp3) is 0.250. The van der Waals surface area contributed by atoms with Gasteiger partial charge in [-0.05, 0) is 0 Å². The lowest BCUT2D eigenvalue weighted by atomic mass is 10.1. The van der Waals surface area contributed by atoms with Gasteiger partial charge in [0.15, 0.2) is 0 Å². The molecule has 0 aliphatic carbocycles. The molecule has 2 rings (SSSR count). The van der Waals surface area contributed by atoms with Crippen LogP contribution >= 0.6 is 0 Å². The fourth-order valence-electron chi connectivity index (χ4n) is 1.82. The van der Waals surface area contributed by atoms with Crippen molar-refractivity contribution in [2.24, 2.45) is 0 Å². The van der Waals surface area contributed by atoms with E-state index in [1.807, 2.05) is 36.4 Å². The SMILES string of the molecule is C=CCNc1cc(-c2ccccc2)nc(NCCOC)n1. The summed E-state index contributed by atoms with van der Waals surface area (Å²) in [6.45, 7) is 5.62. The number of anilines is 2. The molecular weight excluding hydrogens is 264 g/mol. The molecule has 0 saturated carbocycles. The molecule has 1 heterocycles. The second kappa shape index (κ2) is 8.01. The van der Waals surface area contributed by atoms with E-state index >= 15 is 0 Å². The van der Waals surface area contributed by atoms with Gasteiger partial charge in [0.1, 0.15) is 5.82 Å². The van der Waals surface area contributed by atoms with Crippen LogP contribution in [0.1, 0.15) is 0 Å². The molecule has 1 aromatic heterocycles. The molecule has 0 fully saturated rings. The van der Waals surface area contributed by atoms with E-state index in [4.69, 9.17) is 4.74 Å². The molecule has 21 heavy (non-hydrogen) atoms. The molecule has 5 nitrogen and oxygen atoms in total. The Kier molecular flexibility index (Phi) is 5.72. The first-order valence-corrected chi connectivity index (χ1v) is 6.85. The Morgan fingerprint density at radius 2 is 2.00 bits per heavy atom. The van der Waals surface area contributed by atoms with Gasteiger partial charge in [-0.3, -0.25) is 0 Å². The first kappa shape index (κ1) is 15.0. The highest BCUT2D eigenvalue weighted by atomic mass is 16.5. The van der Waals surface area contributed by atoms with Crippen molar-refractivity contribution < 1.29 is 4.74 Å². The molecule has 0 amide bonds. The molecule has 110 valence electrons. The molecule has 5 heteroatoms. The summed E-state index contributed by atoms with van der Waals surface area (Å²) in [5.74, 6) is 1.35. The van der Waals surface area contributed by atoms with Crippen molar-refractivity contribution >= 4 is 11.8 Å². The van der Waals surface area contributed by atoms with Crippen molar-refractivity contribution in [2.45, 2.75) is 0 Å². The minimum atomic E-state index is 0.583. The Hall–Kier alpha value is -2.40. The first-order valence-electron chi connectivity index (χ1n) is 6.85. The Morgan fingerprint density at radius 3 is 2.71 bits per heavy atom. The lowest BCUT2D eigenvalue weighted by Gasteiger charge is -2.10. The zero-order chi connectivity index (χ0) is 14.9. The van der Waals surface area contributed by atoms with Crippen LogP contribution in [0, 0.1) is 0 Å². The summed E-state index contributed by atoms with van der Waals surface area (Å²) >= 11 is 0. The Bertz CT molecular complexity index is 572. The van der Waals surface area contributed by atoms with Gasteiger partial charge < -0.3 is 15.4 Å². The molecule has 1 aromatic carbocycles. The predicted molar refractivity (Wildman–Crippen MR) is 86.5 cm³/mol. The van der Waals surface area contributed by atoms with E-state index in [9.17, 15) is 0 Å². The van der Waals surface area contributed by atoms with Crippen LogP contribution < -0.4 is 10.6 Å². The van der Waals surface area contributed by atoms with E-state index in [-0.39, 0.29) is 0 Å². The maximum atomic E-state index is 5.03. The molecule has 0 radical (unpaired) electrons. The van der Waals surface area contributed by atoms with Gasteiger partial charge in [0.05, 0.1) is 12.3 Å². The van der Waals surface area contributed by atoms with E-state index in [1.165, 1.54) is 0 Å². The summed E-state index contributed by atoms with van der Waals surface area (Å²) in [5.41, 5.74) is 1.92. The lowest BCUT2D eigenvalue weighted by Crippen LogP contribution is -2.12. The number of nitrogens with one attached hydrogen (secondary N) is 2. The van der Waals surface area contributed by atoms with Gasteiger partial charge in [-0.2, -0.15) is 4.98 Å². The van der Waals surface area contributed by atoms with E-state index < -0.39 is 0 Å². The van der Waals surface area contributed by atoms with Crippen LogP contribution in [-0.4, -0.2) is 36.8 Å². The van der Waals surface area contributed by atoms with Gasteiger partial charge in [0.2, 0.25) is 5.95 Å². The average Bonchev–Trinajstić information content (AvgIpc) is 2.54. The van der Waals surface area contributed by atoms with Gasteiger partial charge in [0, 0.05) is 31.8 Å². The van der Waals surface area contributed by atoms with Gasteiger partial charge in [-0.25, -0.2) is 4.98 Å². The molecule has 2 N–H and O–H groups in total. The van der Waals surface area contributed by atoms with Crippen LogP contribution in [0.25, 0.3) is 11.3 Å². The van der Waals surface area contributed by atoms with E-state index in [2.05, 4.69) is 27.2 Å². The van der Waals surface area contributed by atoms with E-state index in [0.717, 1.165) is 17.1 Å². The van der Waals surface area contributed by atoms with Crippen LogP contribution in [0.2, 0.25) is 0 Å². The summed E-state index contributed by atoms with van der Waals surface area (Å²) in [4.78, 5) is 8.97. The van der Waals surface area contributed by atoms with Crippen LogP contribution in [0.15, 0.2) is 49.1 Å². The number of benzene rings is 1. The second-order valence-corrected chi connectivity index (χ2v) is 4.42. The van der Waals surface area contributed by atoms with E-state index in [0.29, 0.717) is 25.6 Å². The molecule has 0 aliphatic rings. The topological polar surface area (TPSA) is 59.1 Å². The molecule has 0 unspecified atom stereocenters. The molecule has 2 aromatic rings. The van der Waals surface area contributed by atoms with Gasteiger partial charge in [-0.1, -0.05) is 36.4 Å². The van der Waals surface area contributed by atoms with Crippen molar-refractivity contribution in [3.63, 3.8) is 0 Å². The Morgan fingerprint density at radius 1 is 1.19 bits per heavy atom. The molecule has 0 saturated heterocycles. The van der Waals surface area contributed by atoms with Gasteiger partial charge in [0.25, 0.3) is 0 Å². The van der Waals surface area contributed by atoms with Crippen LogP contribution in [0.4, 0.5) is 11.8 Å². The van der Waals surface area contributed by atoms with Crippen LogP contribution in [0.5, 0.6) is 0 Å². The maximum absolute atomic E-state index is 5.03. The highest BCUT2D eigenvalue weighted by Gasteiger charge is 2.06. The predicted octanol–water partition coefficient (Wildman–Crippen LogP) is 2.80. The average molecular weight is 284 g/mol. The van der Waals surface area contributed by atoms with Crippen molar-refractivity contribution in [2.75, 3.05) is 37.4 Å². The number of aromatic nitrogens is 2. The summed E-state index contributed by atoms with van der Waals surface area (Å²) in [6, 6.07) is 12.0. The van der Waals surface area contributed by atoms with Crippen molar-refractivity contribution in [1.82, 2.24) is 9.97 Å². The minimum Gasteiger partial charge on any atom is -0.383 e. The van der Waals surface area contributed by atoms with Crippen molar-refractivity contribution in [3.05, 3.63) is 49.1 Å².